The van der Waals surface area contributed by atoms with Gasteiger partial charge in [-0.05, 0) is 69.3 Å². The van der Waals surface area contributed by atoms with Crippen molar-refractivity contribution >= 4 is 28.7 Å². The number of benzene rings is 1. The molecule has 0 bridgehead atoms. The SMILES string of the molecule is CC(=O)Nc1nc2ccc(CCc3nc4cc(C)ccn4c3CN(C)C)cc2o1. The third kappa shape index (κ3) is 4.14. The van der Waals surface area contributed by atoms with E-state index in [2.05, 4.69) is 59.0 Å². The van der Waals surface area contributed by atoms with E-state index < -0.39 is 0 Å². The van der Waals surface area contributed by atoms with Gasteiger partial charge in [-0.3, -0.25) is 10.1 Å². The zero-order chi connectivity index (χ0) is 20.5. The fraction of sp³-hybridized carbons (Fsp3) is 0.318. The van der Waals surface area contributed by atoms with Crippen LogP contribution in [0.4, 0.5) is 6.01 Å². The van der Waals surface area contributed by atoms with Crippen molar-refractivity contribution in [3.8, 4) is 0 Å². The summed E-state index contributed by atoms with van der Waals surface area (Å²) in [5, 5.41) is 2.58. The number of nitrogens with one attached hydrogen (secondary N) is 1. The highest BCUT2D eigenvalue weighted by atomic mass is 16.4. The monoisotopic (exact) mass is 391 g/mol. The number of hydrogen-bond donors (Lipinski definition) is 1. The highest BCUT2D eigenvalue weighted by Gasteiger charge is 2.14. The van der Waals surface area contributed by atoms with Gasteiger partial charge in [0.05, 0.1) is 11.4 Å². The molecule has 0 saturated heterocycles. The molecule has 0 fully saturated rings. The fourth-order valence-electron chi connectivity index (χ4n) is 3.50. The third-order valence-electron chi connectivity index (χ3n) is 4.82. The minimum Gasteiger partial charge on any atom is -0.423 e. The molecule has 0 atom stereocenters. The first kappa shape index (κ1) is 19.1. The molecule has 0 aliphatic carbocycles. The van der Waals surface area contributed by atoms with E-state index in [0.717, 1.165) is 41.8 Å². The highest BCUT2D eigenvalue weighted by Crippen LogP contribution is 2.22. The van der Waals surface area contributed by atoms with Crippen LogP contribution in [0.25, 0.3) is 16.7 Å². The topological polar surface area (TPSA) is 75.7 Å². The van der Waals surface area contributed by atoms with E-state index in [1.54, 1.807) is 0 Å². The molecule has 4 aromatic rings. The molecule has 0 spiro atoms. The Morgan fingerprint density at radius 1 is 1.17 bits per heavy atom. The zero-order valence-corrected chi connectivity index (χ0v) is 17.2. The van der Waals surface area contributed by atoms with Crippen LogP contribution in [0.5, 0.6) is 0 Å². The number of aryl methyl sites for hydroxylation is 3. The number of carbonyl (C=O) groups is 1. The summed E-state index contributed by atoms with van der Waals surface area (Å²) in [6.45, 7) is 4.35. The summed E-state index contributed by atoms with van der Waals surface area (Å²) in [5.74, 6) is -0.202. The van der Waals surface area contributed by atoms with Gasteiger partial charge >= 0.3 is 6.01 Å². The average Bonchev–Trinajstić information content (AvgIpc) is 3.18. The van der Waals surface area contributed by atoms with Crippen LogP contribution in [0, 0.1) is 6.92 Å². The van der Waals surface area contributed by atoms with Crippen LogP contribution < -0.4 is 5.32 Å². The third-order valence-corrected chi connectivity index (χ3v) is 4.82. The van der Waals surface area contributed by atoms with Gasteiger partial charge in [0.1, 0.15) is 11.2 Å². The lowest BCUT2D eigenvalue weighted by Gasteiger charge is -2.11. The second-order valence-electron chi connectivity index (χ2n) is 7.68. The van der Waals surface area contributed by atoms with Crippen LogP contribution >= 0.6 is 0 Å². The van der Waals surface area contributed by atoms with E-state index in [0.29, 0.717) is 5.58 Å². The Morgan fingerprint density at radius 2 is 2.00 bits per heavy atom. The number of oxazole rings is 1. The standard InChI is InChI=1S/C22H25N5O2/c1-14-9-10-27-19(13-26(3)4)17(24-21(27)11-14)7-5-16-6-8-18-20(12-16)29-22(25-18)23-15(2)28/h6,8-12H,5,7,13H2,1-4H3,(H,23,25,28). The van der Waals surface area contributed by atoms with Crippen molar-refractivity contribution in [1.82, 2.24) is 19.3 Å². The van der Waals surface area contributed by atoms with Gasteiger partial charge in [0.25, 0.3) is 0 Å². The number of imidazole rings is 1. The average molecular weight is 391 g/mol. The van der Waals surface area contributed by atoms with Crippen LogP contribution in [0.15, 0.2) is 40.9 Å². The maximum absolute atomic E-state index is 11.2. The molecule has 0 unspecified atom stereocenters. The number of nitrogens with zero attached hydrogens (tertiary/aromatic N) is 4. The van der Waals surface area contributed by atoms with Gasteiger partial charge in [-0.15, -0.1) is 0 Å². The molecular formula is C22H25N5O2. The van der Waals surface area contributed by atoms with Gasteiger partial charge in [0, 0.05) is 19.7 Å². The van der Waals surface area contributed by atoms with Crippen molar-refractivity contribution in [3.05, 3.63) is 59.0 Å². The highest BCUT2D eigenvalue weighted by molar-refractivity contribution is 5.88. The lowest BCUT2D eigenvalue weighted by molar-refractivity contribution is -0.114. The number of carbonyl (C=O) groups excluding carboxylic acids is 1. The maximum Gasteiger partial charge on any atom is 0.302 e. The number of amides is 1. The van der Waals surface area contributed by atoms with Crippen molar-refractivity contribution in [2.24, 2.45) is 0 Å². The quantitative estimate of drug-likeness (QED) is 0.544. The summed E-state index contributed by atoms with van der Waals surface area (Å²) in [7, 11) is 4.14. The number of anilines is 1. The van der Waals surface area contributed by atoms with Gasteiger partial charge in [-0.2, -0.15) is 4.98 Å². The Labute approximate surface area is 169 Å². The Hall–Kier alpha value is -3.19. The first-order chi connectivity index (χ1) is 13.9. The largest absolute Gasteiger partial charge is 0.423 e. The lowest BCUT2D eigenvalue weighted by Crippen LogP contribution is -2.14. The van der Waals surface area contributed by atoms with Gasteiger partial charge in [-0.1, -0.05) is 6.07 Å². The Kier molecular flexibility index (Phi) is 5.07. The van der Waals surface area contributed by atoms with Crippen LogP contribution in [0.3, 0.4) is 0 Å². The van der Waals surface area contributed by atoms with Crippen LogP contribution in [0.1, 0.15) is 29.4 Å². The van der Waals surface area contributed by atoms with Crippen molar-refractivity contribution in [3.63, 3.8) is 0 Å². The summed E-state index contributed by atoms with van der Waals surface area (Å²) in [5.41, 5.74) is 7.07. The minimum absolute atomic E-state index is 0.202. The van der Waals surface area contributed by atoms with E-state index in [9.17, 15) is 4.79 Å². The molecule has 3 aromatic heterocycles. The lowest BCUT2D eigenvalue weighted by atomic mass is 10.1. The summed E-state index contributed by atoms with van der Waals surface area (Å²) in [4.78, 5) is 22.5. The molecule has 1 N–H and O–H groups in total. The number of hydrogen-bond acceptors (Lipinski definition) is 5. The van der Waals surface area contributed by atoms with Crippen LogP contribution in [-0.4, -0.2) is 39.3 Å². The van der Waals surface area contributed by atoms with Crippen molar-refractivity contribution < 1.29 is 9.21 Å². The predicted octanol–water partition coefficient (Wildman–Crippen LogP) is 3.59. The van der Waals surface area contributed by atoms with Crippen molar-refractivity contribution in [2.75, 3.05) is 19.4 Å². The first-order valence-corrected chi connectivity index (χ1v) is 9.67. The van der Waals surface area contributed by atoms with Crippen molar-refractivity contribution in [2.45, 2.75) is 33.2 Å². The summed E-state index contributed by atoms with van der Waals surface area (Å²) >= 11 is 0. The second kappa shape index (κ2) is 7.67. The van der Waals surface area contributed by atoms with E-state index in [-0.39, 0.29) is 11.9 Å². The molecular weight excluding hydrogens is 366 g/mol. The van der Waals surface area contributed by atoms with E-state index in [1.807, 2.05) is 18.2 Å². The molecule has 4 rings (SSSR count). The maximum atomic E-state index is 11.2. The Balaban J connectivity index is 1.59. The summed E-state index contributed by atoms with van der Waals surface area (Å²) < 4.78 is 7.82. The van der Waals surface area contributed by atoms with Crippen molar-refractivity contribution in [1.29, 1.82) is 0 Å². The molecule has 29 heavy (non-hydrogen) atoms. The number of aromatic nitrogens is 3. The molecule has 3 heterocycles. The van der Waals surface area contributed by atoms with Gasteiger partial charge in [-0.25, -0.2) is 4.98 Å². The number of pyridine rings is 1. The molecule has 0 radical (unpaired) electrons. The molecule has 7 nitrogen and oxygen atoms in total. The normalized spacial score (nSPS) is 11.6. The molecule has 0 aliphatic heterocycles. The number of fused-ring (bicyclic) bond motifs is 2. The van der Waals surface area contributed by atoms with Crippen LogP contribution in [-0.2, 0) is 24.2 Å². The van der Waals surface area contributed by atoms with E-state index in [4.69, 9.17) is 9.40 Å². The molecule has 1 aromatic carbocycles. The molecule has 150 valence electrons. The molecule has 0 saturated carbocycles. The van der Waals surface area contributed by atoms with Gasteiger partial charge < -0.3 is 13.7 Å². The second-order valence-corrected chi connectivity index (χ2v) is 7.68. The Morgan fingerprint density at radius 3 is 2.76 bits per heavy atom. The van der Waals surface area contributed by atoms with E-state index in [1.165, 1.54) is 18.2 Å². The predicted molar refractivity (Wildman–Crippen MR) is 113 cm³/mol. The van der Waals surface area contributed by atoms with Crippen LogP contribution in [0.2, 0.25) is 0 Å². The zero-order valence-electron chi connectivity index (χ0n) is 17.2. The first-order valence-electron chi connectivity index (χ1n) is 9.67. The van der Waals surface area contributed by atoms with Gasteiger partial charge in [0.15, 0.2) is 5.58 Å². The smallest absolute Gasteiger partial charge is 0.302 e. The summed E-state index contributed by atoms with van der Waals surface area (Å²) in [6, 6.07) is 10.4. The molecule has 7 heteroatoms. The Bertz CT molecular complexity index is 1190. The fourth-order valence-corrected chi connectivity index (χ4v) is 3.50. The summed E-state index contributed by atoms with van der Waals surface area (Å²) in [6.07, 6.45) is 3.78. The number of rotatable bonds is 6. The molecule has 0 aliphatic rings. The van der Waals surface area contributed by atoms with E-state index >= 15 is 0 Å². The minimum atomic E-state index is -0.202. The molecule has 1 amide bonds. The van der Waals surface area contributed by atoms with Gasteiger partial charge in [0.2, 0.25) is 5.91 Å².